The van der Waals surface area contributed by atoms with Crippen LogP contribution in [-0.4, -0.2) is 21.3 Å². The van der Waals surface area contributed by atoms with Gasteiger partial charge in [0.1, 0.15) is 5.82 Å². The van der Waals surface area contributed by atoms with Crippen molar-refractivity contribution in [2.45, 2.75) is 53.4 Å². The lowest BCUT2D eigenvalue weighted by atomic mass is 9.84. The first-order chi connectivity index (χ1) is 8.34. The Labute approximate surface area is 111 Å². The van der Waals surface area contributed by atoms with E-state index in [1.165, 1.54) is 0 Å². The number of nitrogens with zero attached hydrogens (tertiary/aromatic N) is 3. The monoisotopic (exact) mass is 252 g/mol. The predicted molar refractivity (Wildman–Crippen MR) is 75.3 cm³/mol. The van der Waals surface area contributed by atoms with Crippen LogP contribution in [0, 0.1) is 11.3 Å². The maximum atomic E-state index is 5.64. The minimum Gasteiger partial charge on any atom is -0.330 e. The molecule has 18 heavy (non-hydrogen) atoms. The van der Waals surface area contributed by atoms with E-state index in [2.05, 4.69) is 37.8 Å². The van der Waals surface area contributed by atoms with Gasteiger partial charge in [0.25, 0.3) is 0 Å². The van der Waals surface area contributed by atoms with Crippen molar-refractivity contribution >= 4 is 0 Å². The van der Waals surface area contributed by atoms with Crippen LogP contribution in [0.2, 0.25) is 0 Å². The number of aromatic nitrogens is 3. The summed E-state index contributed by atoms with van der Waals surface area (Å²) in [4.78, 5) is 4.63. The second-order valence-corrected chi connectivity index (χ2v) is 6.37. The lowest BCUT2D eigenvalue weighted by Gasteiger charge is -2.23. The summed E-state index contributed by atoms with van der Waals surface area (Å²) < 4.78 is 1.93. The molecule has 0 aliphatic carbocycles. The topological polar surface area (TPSA) is 56.7 Å². The Morgan fingerprint density at radius 3 is 2.50 bits per heavy atom. The van der Waals surface area contributed by atoms with Gasteiger partial charge in [0.05, 0.1) is 0 Å². The van der Waals surface area contributed by atoms with Crippen molar-refractivity contribution in [1.82, 2.24) is 14.8 Å². The van der Waals surface area contributed by atoms with Crippen LogP contribution in [0.25, 0.3) is 0 Å². The molecule has 1 heterocycles. The normalized spacial score (nSPS) is 12.4. The summed E-state index contributed by atoms with van der Waals surface area (Å²) in [5.41, 5.74) is 5.93. The minimum atomic E-state index is 0.291. The summed E-state index contributed by atoms with van der Waals surface area (Å²) >= 11 is 0. The average molecular weight is 252 g/mol. The third-order valence-electron chi connectivity index (χ3n) is 3.33. The molecule has 0 amide bonds. The highest BCUT2D eigenvalue weighted by Gasteiger charge is 2.18. The van der Waals surface area contributed by atoms with E-state index in [9.17, 15) is 0 Å². The molecule has 0 unspecified atom stereocenters. The van der Waals surface area contributed by atoms with E-state index in [1.807, 2.05) is 11.7 Å². The molecule has 0 saturated heterocycles. The van der Waals surface area contributed by atoms with Crippen LogP contribution in [0.3, 0.4) is 0 Å². The molecule has 1 aromatic rings. The summed E-state index contributed by atoms with van der Waals surface area (Å²) in [5, 5.41) is 4.48. The highest BCUT2D eigenvalue weighted by Crippen LogP contribution is 2.25. The van der Waals surface area contributed by atoms with Crippen LogP contribution >= 0.6 is 0 Å². The maximum Gasteiger partial charge on any atom is 0.151 e. The number of nitrogens with two attached hydrogens (primary N) is 1. The van der Waals surface area contributed by atoms with E-state index >= 15 is 0 Å². The van der Waals surface area contributed by atoms with Gasteiger partial charge in [0.2, 0.25) is 0 Å². The van der Waals surface area contributed by atoms with Crippen molar-refractivity contribution in [1.29, 1.82) is 0 Å². The van der Waals surface area contributed by atoms with Crippen LogP contribution in [0.15, 0.2) is 0 Å². The van der Waals surface area contributed by atoms with E-state index in [0.29, 0.717) is 11.3 Å². The van der Waals surface area contributed by atoms with Crippen LogP contribution < -0.4 is 5.73 Å². The standard InChI is InChI=1S/C14H28N4/c1-11(2)10-12-16-13(18(5)17-12)6-7-14(3,4)8-9-15/h11H,6-10,15H2,1-5H3. The largest absolute Gasteiger partial charge is 0.330 e. The fraction of sp³-hybridized carbons (Fsp3) is 0.857. The molecule has 4 nitrogen and oxygen atoms in total. The van der Waals surface area contributed by atoms with Crippen molar-refractivity contribution in [3.63, 3.8) is 0 Å². The van der Waals surface area contributed by atoms with E-state index in [-0.39, 0.29) is 0 Å². The van der Waals surface area contributed by atoms with Gasteiger partial charge in [-0.15, -0.1) is 0 Å². The summed E-state index contributed by atoms with van der Waals surface area (Å²) in [5.74, 6) is 2.67. The molecule has 2 N–H and O–H groups in total. The highest BCUT2D eigenvalue weighted by molar-refractivity contribution is 4.94. The molecule has 1 aromatic heterocycles. The lowest BCUT2D eigenvalue weighted by Crippen LogP contribution is -2.18. The van der Waals surface area contributed by atoms with Crippen LogP contribution in [0.4, 0.5) is 0 Å². The zero-order valence-corrected chi connectivity index (χ0v) is 12.5. The Bertz CT molecular complexity index is 366. The molecule has 0 saturated carbocycles. The average Bonchev–Trinajstić information content (AvgIpc) is 2.55. The summed E-state index contributed by atoms with van der Waals surface area (Å²) in [6.45, 7) is 9.68. The number of hydrogen-bond donors (Lipinski definition) is 1. The summed E-state index contributed by atoms with van der Waals surface area (Å²) in [6.07, 6.45) is 4.11. The van der Waals surface area contributed by atoms with Crippen LogP contribution in [0.5, 0.6) is 0 Å². The molecule has 0 radical (unpaired) electrons. The van der Waals surface area contributed by atoms with Crippen molar-refractivity contribution in [2.75, 3.05) is 6.54 Å². The number of hydrogen-bond acceptors (Lipinski definition) is 3. The Morgan fingerprint density at radius 2 is 1.94 bits per heavy atom. The molecule has 0 aromatic carbocycles. The second-order valence-electron chi connectivity index (χ2n) is 6.37. The summed E-state index contributed by atoms with van der Waals surface area (Å²) in [6, 6.07) is 0. The Hall–Kier alpha value is -0.900. The summed E-state index contributed by atoms with van der Waals surface area (Å²) in [7, 11) is 1.99. The van der Waals surface area contributed by atoms with Crippen LogP contribution in [-0.2, 0) is 19.9 Å². The van der Waals surface area contributed by atoms with E-state index < -0.39 is 0 Å². The second kappa shape index (κ2) is 6.32. The van der Waals surface area contributed by atoms with Gasteiger partial charge in [-0.3, -0.25) is 4.68 Å². The fourth-order valence-electron chi connectivity index (χ4n) is 2.11. The molecule has 104 valence electrons. The third-order valence-corrected chi connectivity index (χ3v) is 3.33. The van der Waals surface area contributed by atoms with Crippen molar-refractivity contribution in [2.24, 2.45) is 24.1 Å². The van der Waals surface area contributed by atoms with Gasteiger partial charge in [-0.1, -0.05) is 27.7 Å². The van der Waals surface area contributed by atoms with E-state index in [4.69, 9.17) is 5.73 Å². The Balaban J connectivity index is 2.59. The smallest absolute Gasteiger partial charge is 0.151 e. The van der Waals surface area contributed by atoms with E-state index in [0.717, 1.165) is 43.9 Å². The maximum absolute atomic E-state index is 5.64. The molecular weight excluding hydrogens is 224 g/mol. The molecule has 0 fully saturated rings. The zero-order valence-electron chi connectivity index (χ0n) is 12.5. The lowest BCUT2D eigenvalue weighted by molar-refractivity contribution is 0.309. The van der Waals surface area contributed by atoms with Gasteiger partial charge >= 0.3 is 0 Å². The van der Waals surface area contributed by atoms with Crippen molar-refractivity contribution < 1.29 is 0 Å². The molecule has 1 rings (SSSR count). The zero-order chi connectivity index (χ0) is 13.8. The van der Waals surface area contributed by atoms with Crippen molar-refractivity contribution in [3.05, 3.63) is 11.6 Å². The van der Waals surface area contributed by atoms with Gasteiger partial charge in [0.15, 0.2) is 5.82 Å². The SMILES string of the molecule is CC(C)Cc1nc(CCC(C)(C)CCN)n(C)n1. The van der Waals surface area contributed by atoms with Gasteiger partial charge < -0.3 is 5.73 Å². The predicted octanol–water partition coefficient (Wildman–Crippen LogP) is 2.32. The third kappa shape index (κ3) is 4.77. The molecule has 0 spiro atoms. The van der Waals surface area contributed by atoms with E-state index in [1.54, 1.807) is 0 Å². The quantitative estimate of drug-likeness (QED) is 0.810. The van der Waals surface area contributed by atoms with Gasteiger partial charge in [0, 0.05) is 19.9 Å². The molecule has 0 bridgehead atoms. The fourth-order valence-corrected chi connectivity index (χ4v) is 2.11. The number of aryl methyl sites for hydroxylation is 2. The first-order valence-corrected chi connectivity index (χ1v) is 6.93. The first-order valence-electron chi connectivity index (χ1n) is 6.93. The van der Waals surface area contributed by atoms with Gasteiger partial charge in [-0.05, 0) is 30.7 Å². The van der Waals surface area contributed by atoms with Gasteiger partial charge in [-0.25, -0.2) is 4.98 Å². The van der Waals surface area contributed by atoms with Crippen LogP contribution in [0.1, 0.15) is 52.2 Å². The molecule has 4 heteroatoms. The molecule has 0 aliphatic heterocycles. The molecular formula is C14H28N4. The van der Waals surface area contributed by atoms with Crippen molar-refractivity contribution in [3.8, 4) is 0 Å². The first kappa shape index (κ1) is 15.2. The Morgan fingerprint density at radius 1 is 1.28 bits per heavy atom. The molecule has 0 aliphatic rings. The van der Waals surface area contributed by atoms with Gasteiger partial charge in [-0.2, -0.15) is 5.10 Å². The highest BCUT2D eigenvalue weighted by atomic mass is 15.3. The minimum absolute atomic E-state index is 0.291. The Kier molecular flexibility index (Phi) is 5.32. The number of rotatable bonds is 7. The molecule has 0 atom stereocenters.